The maximum atomic E-state index is 10.1. The molecule has 0 aromatic heterocycles. The van der Waals surface area contributed by atoms with E-state index < -0.39 is 0 Å². The van der Waals surface area contributed by atoms with E-state index in [1.807, 2.05) is 0 Å². The molecule has 0 amide bonds. The van der Waals surface area contributed by atoms with Gasteiger partial charge >= 0.3 is 0 Å². The highest BCUT2D eigenvalue weighted by molar-refractivity contribution is 5.48. The molecule has 0 spiro atoms. The van der Waals surface area contributed by atoms with E-state index in [1.165, 1.54) is 96.4 Å². The lowest BCUT2D eigenvalue weighted by atomic mass is 10.1. The number of carbonyl (C=O) groups excluding carboxylic acids is 1. The van der Waals surface area contributed by atoms with Crippen LogP contribution in [0.1, 0.15) is 123 Å². The predicted molar refractivity (Wildman–Crippen MR) is 133 cm³/mol. The third-order valence-corrected chi connectivity index (χ3v) is 5.89. The van der Waals surface area contributed by atoms with E-state index in [0.717, 1.165) is 32.2 Å². The third kappa shape index (κ3) is 22.3. The van der Waals surface area contributed by atoms with Crippen molar-refractivity contribution in [1.82, 2.24) is 4.90 Å². The SMILES string of the molecule is CCCCCCCC/C=C\CCCCCCCC=O.CCCOOC[C@@H]1CCCN1C. The second kappa shape index (κ2) is 25.5. The molecule has 1 rings (SSSR count). The number of likely N-dealkylation sites (N-methyl/N-ethyl adjacent to an activating group) is 1. The van der Waals surface area contributed by atoms with E-state index in [0.29, 0.717) is 12.6 Å². The van der Waals surface area contributed by atoms with Gasteiger partial charge < -0.3 is 9.69 Å². The van der Waals surface area contributed by atoms with Gasteiger partial charge in [0.05, 0.1) is 13.2 Å². The van der Waals surface area contributed by atoms with Crippen molar-refractivity contribution in [3.05, 3.63) is 12.2 Å². The Labute approximate surface area is 194 Å². The summed E-state index contributed by atoms with van der Waals surface area (Å²) in [5, 5.41) is 0. The van der Waals surface area contributed by atoms with Crippen LogP contribution in [0.5, 0.6) is 0 Å². The Morgan fingerprint density at radius 2 is 1.35 bits per heavy atom. The molecule has 1 fully saturated rings. The molecule has 1 aliphatic heterocycles. The van der Waals surface area contributed by atoms with Gasteiger partial charge in [-0.15, -0.1) is 0 Å². The molecule has 0 aromatic rings. The van der Waals surface area contributed by atoms with Crippen molar-refractivity contribution < 1.29 is 14.6 Å². The third-order valence-electron chi connectivity index (χ3n) is 5.89. The van der Waals surface area contributed by atoms with Crippen LogP contribution < -0.4 is 0 Å². The number of hydrogen-bond acceptors (Lipinski definition) is 4. The molecule has 4 nitrogen and oxygen atoms in total. The molecule has 1 heterocycles. The van der Waals surface area contributed by atoms with E-state index in [2.05, 4.69) is 37.9 Å². The second-order valence-electron chi connectivity index (χ2n) is 8.92. The summed E-state index contributed by atoms with van der Waals surface area (Å²) in [7, 11) is 2.14. The van der Waals surface area contributed by atoms with E-state index in [1.54, 1.807) is 0 Å². The van der Waals surface area contributed by atoms with Gasteiger partial charge in [0.1, 0.15) is 6.29 Å². The number of unbranched alkanes of at least 4 members (excludes halogenated alkanes) is 12. The standard InChI is InChI=1S/C18H34O.C9H19NO2/c1-2-3-4-5-6-7-8-9-10-11-12-13-14-15-16-17-18-19;1-3-7-11-12-8-9-5-4-6-10(9)2/h9-10,18H,2-8,11-17H2,1H3;9H,3-8H2,1-2H3/b10-9-;/t;9-/m.0/s1. The Balaban J connectivity index is 0.000000639. The second-order valence-corrected chi connectivity index (χ2v) is 8.92. The largest absolute Gasteiger partial charge is 0.303 e. The Morgan fingerprint density at radius 1 is 0.774 bits per heavy atom. The van der Waals surface area contributed by atoms with Gasteiger partial charge in [-0.2, -0.15) is 0 Å². The van der Waals surface area contributed by atoms with E-state index >= 15 is 0 Å². The van der Waals surface area contributed by atoms with Gasteiger partial charge in [0.15, 0.2) is 0 Å². The lowest BCUT2D eigenvalue weighted by Gasteiger charge is -2.18. The van der Waals surface area contributed by atoms with Gasteiger partial charge in [-0.3, -0.25) is 0 Å². The number of likely N-dealkylation sites (tertiary alicyclic amines) is 1. The van der Waals surface area contributed by atoms with Crippen molar-refractivity contribution in [2.24, 2.45) is 0 Å². The molecule has 0 N–H and O–H groups in total. The number of carbonyl (C=O) groups is 1. The van der Waals surface area contributed by atoms with Gasteiger partial charge in [0, 0.05) is 12.5 Å². The van der Waals surface area contributed by atoms with Crippen LogP contribution >= 0.6 is 0 Å². The van der Waals surface area contributed by atoms with Gasteiger partial charge in [-0.25, -0.2) is 9.78 Å². The molecule has 0 unspecified atom stereocenters. The quantitative estimate of drug-likeness (QED) is 0.0641. The summed E-state index contributed by atoms with van der Waals surface area (Å²) in [4.78, 5) is 22.5. The van der Waals surface area contributed by atoms with Crippen LogP contribution in [-0.4, -0.2) is 44.0 Å². The van der Waals surface area contributed by atoms with Crippen molar-refractivity contribution in [3.63, 3.8) is 0 Å². The monoisotopic (exact) mass is 439 g/mol. The van der Waals surface area contributed by atoms with E-state index in [-0.39, 0.29) is 0 Å². The zero-order valence-corrected chi connectivity index (χ0v) is 21.1. The molecule has 0 aromatic carbocycles. The van der Waals surface area contributed by atoms with Gasteiger partial charge in [-0.1, -0.05) is 77.4 Å². The van der Waals surface area contributed by atoms with Crippen LogP contribution in [-0.2, 0) is 14.6 Å². The number of rotatable bonds is 20. The number of hydrogen-bond donors (Lipinski definition) is 0. The molecule has 31 heavy (non-hydrogen) atoms. The fraction of sp³-hybridized carbons (Fsp3) is 0.889. The fourth-order valence-corrected chi connectivity index (χ4v) is 3.76. The highest BCUT2D eigenvalue weighted by Crippen LogP contribution is 2.14. The summed E-state index contributed by atoms with van der Waals surface area (Å²) in [5.41, 5.74) is 0. The topological polar surface area (TPSA) is 38.8 Å². The number of nitrogens with zero attached hydrogens (tertiary/aromatic N) is 1. The molecule has 1 aliphatic rings. The Kier molecular flexibility index (Phi) is 25.0. The molecular weight excluding hydrogens is 386 g/mol. The summed E-state index contributed by atoms with van der Waals surface area (Å²) in [6, 6.07) is 0.571. The number of aldehydes is 1. The van der Waals surface area contributed by atoms with Crippen molar-refractivity contribution in [3.8, 4) is 0 Å². The van der Waals surface area contributed by atoms with Crippen molar-refractivity contribution >= 4 is 6.29 Å². The van der Waals surface area contributed by atoms with Gasteiger partial charge in [-0.05, 0) is 65.0 Å². The first-order valence-electron chi connectivity index (χ1n) is 13.3. The summed E-state index contributed by atoms with van der Waals surface area (Å²) in [6.45, 7) is 6.96. The van der Waals surface area contributed by atoms with Gasteiger partial charge in [0.2, 0.25) is 0 Å². The van der Waals surface area contributed by atoms with E-state index in [4.69, 9.17) is 9.78 Å². The summed E-state index contributed by atoms with van der Waals surface area (Å²) in [6.07, 6.45) is 27.1. The zero-order valence-electron chi connectivity index (χ0n) is 21.1. The highest BCUT2D eigenvalue weighted by Gasteiger charge is 2.20. The van der Waals surface area contributed by atoms with Crippen LogP contribution in [0, 0.1) is 0 Å². The van der Waals surface area contributed by atoms with Crippen LogP contribution in [0.2, 0.25) is 0 Å². The highest BCUT2D eigenvalue weighted by atomic mass is 17.2. The average molecular weight is 440 g/mol. The minimum absolute atomic E-state index is 0.571. The van der Waals surface area contributed by atoms with Crippen LogP contribution in [0.25, 0.3) is 0 Å². The summed E-state index contributed by atoms with van der Waals surface area (Å²) < 4.78 is 0. The van der Waals surface area contributed by atoms with Crippen molar-refractivity contribution in [1.29, 1.82) is 0 Å². The van der Waals surface area contributed by atoms with Crippen molar-refractivity contribution in [2.75, 3.05) is 26.8 Å². The first kappa shape index (κ1) is 30.3. The first-order valence-corrected chi connectivity index (χ1v) is 13.3. The lowest BCUT2D eigenvalue weighted by molar-refractivity contribution is -0.299. The first-order chi connectivity index (χ1) is 15.3. The molecule has 1 atom stereocenters. The molecule has 0 radical (unpaired) electrons. The van der Waals surface area contributed by atoms with Gasteiger partial charge in [0.25, 0.3) is 0 Å². The molecule has 0 bridgehead atoms. The summed E-state index contributed by atoms with van der Waals surface area (Å²) in [5.74, 6) is 0. The Morgan fingerprint density at radius 3 is 1.87 bits per heavy atom. The zero-order chi connectivity index (χ0) is 22.8. The molecule has 1 saturated heterocycles. The normalized spacial score (nSPS) is 16.5. The van der Waals surface area contributed by atoms with Crippen LogP contribution in [0.15, 0.2) is 12.2 Å². The van der Waals surface area contributed by atoms with Crippen LogP contribution in [0.4, 0.5) is 0 Å². The minimum atomic E-state index is 0.571. The lowest BCUT2D eigenvalue weighted by Crippen LogP contribution is -2.29. The molecule has 0 aliphatic carbocycles. The maximum absolute atomic E-state index is 10.1. The maximum Gasteiger partial charge on any atom is 0.119 e. The molecule has 4 heteroatoms. The van der Waals surface area contributed by atoms with Crippen LogP contribution in [0.3, 0.4) is 0 Å². The fourth-order valence-electron chi connectivity index (χ4n) is 3.76. The summed E-state index contributed by atoms with van der Waals surface area (Å²) >= 11 is 0. The minimum Gasteiger partial charge on any atom is -0.303 e. The van der Waals surface area contributed by atoms with E-state index in [9.17, 15) is 4.79 Å². The Bertz CT molecular complexity index is 387. The molecular formula is C27H53NO3. The average Bonchev–Trinajstić information content (AvgIpc) is 3.19. The Hall–Kier alpha value is -0.710. The number of allylic oxidation sites excluding steroid dienone is 2. The predicted octanol–water partition coefficient (Wildman–Crippen LogP) is 7.66. The molecule has 184 valence electrons. The molecule has 0 saturated carbocycles. The smallest absolute Gasteiger partial charge is 0.119 e. The van der Waals surface area contributed by atoms with Crippen molar-refractivity contribution in [2.45, 2.75) is 129 Å².